The molecule has 3 N–H and O–H groups in total. The van der Waals surface area contributed by atoms with E-state index in [9.17, 15) is 0 Å². The fraction of sp³-hybridized carbons (Fsp3) is 0.188. The zero-order chi connectivity index (χ0) is 13.7. The Labute approximate surface area is 119 Å². The van der Waals surface area contributed by atoms with Gasteiger partial charge >= 0.3 is 0 Å². The lowest BCUT2D eigenvalue weighted by Crippen LogP contribution is -2.21. The second kappa shape index (κ2) is 6.34. The molecule has 0 aliphatic carbocycles. The molecule has 0 aliphatic rings. The minimum atomic E-state index is 0.317. The fourth-order valence-electron chi connectivity index (χ4n) is 2.11. The number of nitrogens with two attached hydrogens (primary N) is 1. The fourth-order valence-corrected chi connectivity index (χ4v) is 2.29. The topological polar surface area (TPSA) is 38.0 Å². The minimum Gasteiger partial charge on any atom is -0.389 e. The molecule has 3 heteroatoms. The van der Waals surface area contributed by atoms with Crippen LogP contribution < -0.4 is 11.1 Å². The number of hydrogen-bond acceptors (Lipinski definition) is 2. The molecule has 98 valence electrons. The predicted octanol–water partition coefficient (Wildman–Crippen LogP) is 3.36. The van der Waals surface area contributed by atoms with Crippen molar-refractivity contribution in [2.45, 2.75) is 19.4 Å². The molecular weight excluding hydrogens is 252 g/mol. The first kappa shape index (κ1) is 13.6. The van der Waals surface area contributed by atoms with Crippen LogP contribution in [0.2, 0.25) is 0 Å². The SMILES string of the molecule is CC(Cc1ccccc1)Nc1ccccc1C(N)=S. The Bertz CT molecular complexity index is 552. The summed E-state index contributed by atoms with van der Waals surface area (Å²) in [6.45, 7) is 2.16. The van der Waals surface area contributed by atoms with Gasteiger partial charge in [0.25, 0.3) is 0 Å². The van der Waals surface area contributed by atoms with E-state index in [1.54, 1.807) is 0 Å². The van der Waals surface area contributed by atoms with Gasteiger partial charge in [0.1, 0.15) is 4.99 Å². The zero-order valence-corrected chi connectivity index (χ0v) is 11.8. The van der Waals surface area contributed by atoms with Crippen LogP contribution >= 0.6 is 12.2 Å². The number of nitrogens with one attached hydrogen (secondary N) is 1. The largest absolute Gasteiger partial charge is 0.389 e. The van der Waals surface area contributed by atoms with Crippen molar-refractivity contribution in [3.63, 3.8) is 0 Å². The van der Waals surface area contributed by atoms with Crippen LogP contribution in [0.5, 0.6) is 0 Å². The minimum absolute atomic E-state index is 0.317. The van der Waals surface area contributed by atoms with Crippen molar-refractivity contribution in [3.05, 3.63) is 65.7 Å². The van der Waals surface area contributed by atoms with E-state index in [4.69, 9.17) is 18.0 Å². The van der Waals surface area contributed by atoms with Crippen LogP contribution in [-0.4, -0.2) is 11.0 Å². The maximum absolute atomic E-state index is 5.73. The first-order chi connectivity index (χ1) is 9.16. The summed E-state index contributed by atoms with van der Waals surface area (Å²) in [5.41, 5.74) is 8.95. The van der Waals surface area contributed by atoms with Crippen LogP contribution in [0.4, 0.5) is 5.69 Å². The average molecular weight is 270 g/mol. The molecule has 0 heterocycles. The first-order valence-electron chi connectivity index (χ1n) is 6.36. The molecule has 0 aliphatic heterocycles. The molecular formula is C16H18N2S. The van der Waals surface area contributed by atoms with Gasteiger partial charge < -0.3 is 11.1 Å². The van der Waals surface area contributed by atoms with Gasteiger partial charge in [-0.15, -0.1) is 0 Å². The maximum atomic E-state index is 5.73. The number of thiocarbonyl (C=S) groups is 1. The molecule has 0 aromatic heterocycles. The molecule has 19 heavy (non-hydrogen) atoms. The van der Waals surface area contributed by atoms with Crippen molar-refractivity contribution in [1.29, 1.82) is 0 Å². The molecule has 2 aromatic carbocycles. The molecule has 0 saturated heterocycles. The molecule has 0 radical (unpaired) electrons. The van der Waals surface area contributed by atoms with Crippen LogP contribution in [-0.2, 0) is 6.42 Å². The Balaban J connectivity index is 2.07. The second-order valence-electron chi connectivity index (χ2n) is 4.64. The third-order valence-corrected chi connectivity index (χ3v) is 3.20. The number of anilines is 1. The number of rotatable bonds is 5. The molecule has 0 fully saturated rings. The smallest absolute Gasteiger partial charge is 0.106 e. The Morgan fingerprint density at radius 3 is 2.42 bits per heavy atom. The van der Waals surface area contributed by atoms with E-state index >= 15 is 0 Å². The Hall–Kier alpha value is -1.87. The van der Waals surface area contributed by atoms with E-state index < -0.39 is 0 Å². The standard InChI is InChI=1S/C16H18N2S/c1-12(11-13-7-3-2-4-8-13)18-15-10-6-5-9-14(15)16(17)19/h2-10,12,18H,11H2,1H3,(H2,17,19). The van der Waals surface area contributed by atoms with E-state index in [0.29, 0.717) is 11.0 Å². The summed E-state index contributed by atoms with van der Waals surface area (Å²) < 4.78 is 0. The van der Waals surface area contributed by atoms with E-state index in [0.717, 1.165) is 17.7 Å². The van der Waals surface area contributed by atoms with E-state index in [2.05, 4.69) is 36.5 Å². The van der Waals surface area contributed by atoms with Crippen molar-refractivity contribution >= 4 is 22.9 Å². The molecule has 0 amide bonds. The number of para-hydroxylation sites is 1. The highest BCUT2D eigenvalue weighted by atomic mass is 32.1. The highest BCUT2D eigenvalue weighted by molar-refractivity contribution is 7.80. The maximum Gasteiger partial charge on any atom is 0.106 e. The molecule has 2 nitrogen and oxygen atoms in total. The van der Waals surface area contributed by atoms with Crippen molar-refractivity contribution in [2.75, 3.05) is 5.32 Å². The summed E-state index contributed by atoms with van der Waals surface area (Å²) in [7, 11) is 0. The van der Waals surface area contributed by atoms with E-state index in [-0.39, 0.29) is 0 Å². The van der Waals surface area contributed by atoms with Crippen molar-refractivity contribution < 1.29 is 0 Å². The van der Waals surface area contributed by atoms with Crippen LogP contribution in [0.25, 0.3) is 0 Å². The third-order valence-electron chi connectivity index (χ3n) is 2.98. The lowest BCUT2D eigenvalue weighted by molar-refractivity contribution is 0.790. The number of benzene rings is 2. The lowest BCUT2D eigenvalue weighted by Gasteiger charge is -2.17. The Kier molecular flexibility index (Phi) is 4.53. The van der Waals surface area contributed by atoms with Crippen LogP contribution in [0, 0.1) is 0 Å². The zero-order valence-electron chi connectivity index (χ0n) is 11.0. The Morgan fingerprint density at radius 1 is 1.11 bits per heavy atom. The van der Waals surface area contributed by atoms with Crippen molar-refractivity contribution in [3.8, 4) is 0 Å². The van der Waals surface area contributed by atoms with Gasteiger partial charge in [-0.2, -0.15) is 0 Å². The molecule has 0 spiro atoms. The monoisotopic (exact) mass is 270 g/mol. The summed E-state index contributed by atoms with van der Waals surface area (Å²) in [5, 5.41) is 3.47. The van der Waals surface area contributed by atoms with Gasteiger partial charge in [-0.25, -0.2) is 0 Å². The number of hydrogen-bond donors (Lipinski definition) is 2. The summed E-state index contributed by atoms with van der Waals surface area (Å²) in [6, 6.07) is 18.6. The van der Waals surface area contributed by atoms with Crippen molar-refractivity contribution in [2.24, 2.45) is 5.73 Å². The quantitative estimate of drug-likeness (QED) is 0.818. The second-order valence-corrected chi connectivity index (χ2v) is 5.08. The summed E-state index contributed by atoms with van der Waals surface area (Å²) in [6.07, 6.45) is 0.965. The summed E-state index contributed by atoms with van der Waals surface area (Å²) >= 11 is 5.07. The molecule has 0 bridgehead atoms. The van der Waals surface area contributed by atoms with Crippen LogP contribution in [0.1, 0.15) is 18.1 Å². The first-order valence-corrected chi connectivity index (χ1v) is 6.77. The highest BCUT2D eigenvalue weighted by Crippen LogP contribution is 2.17. The van der Waals surface area contributed by atoms with Gasteiger partial charge in [-0.05, 0) is 31.0 Å². The predicted molar refractivity (Wildman–Crippen MR) is 85.6 cm³/mol. The molecule has 2 rings (SSSR count). The van der Waals surface area contributed by atoms with Gasteiger partial charge in [0, 0.05) is 17.3 Å². The van der Waals surface area contributed by atoms with Gasteiger partial charge in [0.15, 0.2) is 0 Å². The molecule has 1 unspecified atom stereocenters. The van der Waals surface area contributed by atoms with Gasteiger partial charge in [-0.3, -0.25) is 0 Å². The van der Waals surface area contributed by atoms with Gasteiger partial charge in [0.05, 0.1) is 0 Å². The Morgan fingerprint density at radius 2 is 1.74 bits per heavy atom. The van der Waals surface area contributed by atoms with Crippen molar-refractivity contribution in [1.82, 2.24) is 0 Å². The summed E-state index contributed by atoms with van der Waals surface area (Å²) in [5.74, 6) is 0. The summed E-state index contributed by atoms with van der Waals surface area (Å²) in [4.78, 5) is 0.426. The normalized spacial score (nSPS) is 11.8. The van der Waals surface area contributed by atoms with Gasteiger partial charge in [-0.1, -0.05) is 54.7 Å². The molecule has 1 atom stereocenters. The van der Waals surface area contributed by atoms with Crippen LogP contribution in [0.3, 0.4) is 0 Å². The van der Waals surface area contributed by atoms with Crippen LogP contribution in [0.15, 0.2) is 54.6 Å². The molecule has 0 saturated carbocycles. The highest BCUT2D eigenvalue weighted by Gasteiger charge is 2.08. The van der Waals surface area contributed by atoms with E-state index in [1.165, 1.54) is 5.56 Å². The van der Waals surface area contributed by atoms with Gasteiger partial charge in [0.2, 0.25) is 0 Å². The molecule has 2 aromatic rings. The average Bonchev–Trinajstić information content (AvgIpc) is 2.40. The third kappa shape index (κ3) is 3.80. The van der Waals surface area contributed by atoms with E-state index in [1.807, 2.05) is 30.3 Å². The lowest BCUT2D eigenvalue weighted by atomic mass is 10.1.